The van der Waals surface area contributed by atoms with Crippen LogP contribution in [-0.2, 0) is 4.74 Å². The zero-order valence-electron chi connectivity index (χ0n) is 9.48. The van der Waals surface area contributed by atoms with Gasteiger partial charge in [0.15, 0.2) is 0 Å². The molecule has 1 aromatic carbocycles. The maximum atomic E-state index is 11.3. The molecule has 0 heterocycles. The molecular formula is C12H13NO3. The molecule has 0 aliphatic rings. The summed E-state index contributed by atoms with van der Waals surface area (Å²) in [5.41, 5.74) is -0.321. The predicted octanol–water partition coefficient (Wildman–Crippen LogP) is 3.55. The molecule has 84 valence electrons. The first-order chi connectivity index (χ1) is 7.42. The van der Waals surface area contributed by atoms with E-state index >= 15 is 0 Å². The van der Waals surface area contributed by atoms with Crippen molar-refractivity contribution in [3.8, 4) is 5.75 Å². The van der Waals surface area contributed by atoms with E-state index in [1.807, 2.05) is 0 Å². The normalized spacial score (nSPS) is 10.4. The van der Waals surface area contributed by atoms with Gasteiger partial charge in [-0.2, -0.15) is 0 Å². The van der Waals surface area contributed by atoms with Crippen molar-refractivity contribution in [3.05, 3.63) is 35.7 Å². The highest BCUT2D eigenvalue weighted by Crippen LogP contribution is 2.27. The van der Waals surface area contributed by atoms with E-state index < -0.39 is 11.8 Å². The van der Waals surface area contributed by atoms with E-state index in [9.17, 15) is 4.79 Å². The zero-order chi connectivity index (χ0) is 12.2. The van der Waals surface area contributed by atoms with Crippen LogP contribution in [0.2, 0.25) is 0 Å². The van der Waals surface area contributed by atoms with Gasteiger partial charge in [0.25, 0.3) is 0 Å². The van der Waals surface area contributed by atoms with E-state index in [4.69, 9.17) is 16.0 Å². The molecule has 0 aromatic heterocycles. The van der Waals surface area contributed by atoms with Gasteiger partial charge in [0.1, 0.15) is 11.4 Å². The molecule has 4 heteroatoms. The van der Waals surface area contributed by atoms with E-state index in [-0.39, 0.29) is 11.4 Å². The van der Waals surface area contributed by atoms with Crippen LogP contribution in [0, 0.1) is 6.57 Å². The molecule has 4 nitrogen and oxygen atoms in total. The Morgan fingerprint density at radius 2 is 1.94 bits per heavy atom. The molecular weight excluding hydrogens is 206 g/mol. The topological polar surface area (TPSA) is 39.9 Å². The number of hydrogen-bond acceptors (Lipinski definition) is 3. The van der Waals surface area contributed by atoms with E-state index in [1.54, 1.807) is 45.0 Å². The van der Waals surface area contributed by atoms with Crippen molar-refractivity contribution < 1.29 is 14.3 Å². The molecule has 0 aliphatic heterocycles. The number of carbonyl (C=O) groups is 1. The van der Waals surface area contributed by atoms with Gasteiger partial charge >= 0.3 is 6.16 Å². The zero-order valence-corrected chi connectivity index (χ0v) is 9.48. The van der Waals surface area contributed by atoms with Gasteiger partial charge < -0.3 is 9.47 Å². The lowest BCUT2D eigenvalue weighted by Crippen LogP contribution is -2.25. The van der Waals surface area contributed by atoms with E-state index in [1.165, 1.54) is 0 Å². The van der Waals surface area contributed by atoms with Crippen LogP contribution in [0.1, 0.15) is 20.8 Å². The number of rotatable bonds is 1. The molecule has 0 saturated heterocycles. The number of carbonyl (C=O) groups excluding carboxylic acids is 1. The smallest absolute Gasteiger partial charge is 0.428 e. The Balaban J connectivity index is 2.75. The lowest BCUT2D eigenvalue weighted by atomic mass is 10.2. The largest absolute Gasteiger partial charge is 0.513 e. The third-order valence-corrected chi connectivity index (χ3v) is 1.57. The summed E-state index contributed by atoms with van der Waals surface area (Å²) >= 11 is 0. The molecule has 0 atom stereocenters. The van der Waals surface area contributed by atoms with Crippen molar-refractivity contribution in [1.29, 1.82) is 0 Å². The molecule has 0 unspecified atom stereocenters. The Kier molecular flexibility index (Phi) is 3.51. The lowest BCUT2D eigenvalue weighted by molar-refractivity contribution is 0.0208. The van der Waals surface area contributed by atoms with E-state index in [0.29, 0.717) is 0 Å². The third kappa shape index (κ3) is 3.62. The summed E-state index contributed by atoms with van der Waals surface area (Å²) in [5, 5.41) is 0. The Morgan fingerprint density at radius 1 is 1.31 bits per heavy atom. The average Bonchev–Trinajstić information content (AvgIpc) is 2.15. The molecule has 0 fully saturated rings. The van der Waals surface area contributed by atoms with Crippen LogP contribution in [0.25, 0.3) is 4.85 Å². The Labute approximate surface area is 94.6 Å². The molecule has 1 aromatic rings. The highest BCUT2D eigenvalue weighted by Gasteiger charge is 2.18. The first-order valence-corrected chi connectivity index (χ1v) is 4.80. The number of ether oxygens (including phenoxy) is 2. The minimum atomic E-state index is -0.802. The summed E-state index contributed by atoms with van der Waals surface area (Å²) in [5.74, 6) is 0.215. The van der Waals surface area contributed by atoms with Crippen molar-refractivity contribution in [3.63, 3.8) is 0 Å². The maximum Gasteiger partial charge on any atom is 0.513 e. The number of para-hydroxylation sites is 2. The summed E-state index contributed by atoms with van der Waals surface area (Å²) in [4.78, 5) is 14.6. The lowest BCUT2D eigenvalue weighted by Gasteiger charge is -2.18. The fourth-order valence-electron chi connectivity index (χ4n) is 0.996. The van der Waals surface area contributed by atoms with Gasteiger partial charge in [-0.15, -0.1) is 0 Å². The molecule has 0 aliphatic carbocycles. The molecule has 0 radical (unpaired) electrons. The van der Waals surface area contributed by atoms with Crippen LogP contribution in [0.4, 0.5) is 10.5 Å². The summed E-state index contributed by atoms with van der Waals surface area (Å²) < 4.78 is 9.91. The standard InChI is InChI=1S/C12H13NO3/c1-12(2,3)16-11(14)15-10-8-6-5-7-9(10)13-4/h5-8H,1-3H3. The summed E-state index contributed by atoms with van der Waals surface area (Å²) in [6, 6.07) is 6.52. The highest BCUT2D eigenvalue weighted by molar-refractivity contribution is 5.69. The van der Waals surface area contributed by atoms with E-state index in [2.05, 4.69) is 4.85 Å². The van der Waals surface area contributed by atoms with Gasteiger partial charge in [0, 0.05) is 0 Å². The van der Waals surface area contributed by atoms with E-state index in [0.717, 1.165) is 0 Å². The Bertz CT molecular complexity index is 427. The quantitative estimate of drug-likeness (QED) is 0.412. The van der Waals surface area contributed by atoms with Crippen LogP contribution in [-0.4, -0.2) is 11.8 Å². The SMILES string of the molecule is [C-]#[N+]c1ccccc1OC(=O)OC(C)(C)C. The average molecular weight is 219 g/mol. The molecule has 0 spiro atoms. The minimum absolute atomic E-state index is 0.215. The fraction of sp³-hybridized carbons (Fsp3) is 0.333. The summed E-state index contributed by atoms with van der Waals surface area (Å²) in [6.45, 7) is 12.1. The molecule has 1 rings (SSSR count). The fourth-order valence-corrected chi connectivity index (χ4v) is 0.996. The van der Waals surface area contributed by atoms with Gasteiger partial charge in [-0.05, 0) is 26.8 Å². The second-order valence-electron chi connectivity index (χ2n) is 4.15. The van der Waals surface area contributed by atoms with Crippen LogP contribution < -0.4 is 4.74 Å². The van der Waals surface area contributed by atoms with Crippen LogP contribution in [0.5, 0.6) is 5.75 Å². The van der Waals surface area contributed by atoms with Gasteiger partial charge in [-0.25, -0.2) is 9.64 Å². The molecule has 16 heavy (non-hydrogen) atoms. The second kappa shape index (κ2) is 4.67. The van der Waals surface area contributed by atoms with Gasteiger partial charge in [0.2, 0.25) is 5.69 Å². The van der Waals surface area contributed by atoms with Crippen molar-refractivity contribution in [2.45, 2.75) is 26.4 Å². The number of benzene rings is 1. The monoisotopic (exact) mass is 219 g/mol. The molecule has 0 N–H and O–H groups in total. The van der Waals surface area contributed by atoms with Crippen molar-refractivity contribution in [2.75, 3.05) is 0 Å². The van der Waals surface area contributed by atoms with Crippen LogP contribution >= 0.6 is 0 Å². The third-order valence-electron chi connectivity index (χ3n) is 1.57. The first kappa shape index (κ1) is 12.1. The number of nitrogens with zero attached hydrogens (tertiary/aromatic N) is 1. The first-order valence-electron chi connectivity index (χ1n) is 4.80. The van der Waals surface area contributed by atoms with Crippen molar-refractivity contribution in [1.82, 2.24) is 0 Å². The Hall–Kier alpha value is -2.02. The summed E-state index contributed by atoms with van der Waals surface area (Å²) in [7, 11) is 0. The number of hydrogen-bond donors (Lipinski definition) is 0. The van der Waals surface area contributed by atoms with Gasteiger partial charge in [-0.1, -0.05) is 18.2 Å². The Morgan fingerprint density at radius 3 is 2.50 bits per heavy atom. The predicted molar refractivity (Wildman–Crippen MR) is 59.6 cm³/mol. The maximum absolute atomic E-state index is 11.3. The molecule has 0 saturated carbocycles. The summed E-state index contributed by atoms with van der Waals surface area (Å²) in [6.07, 6.45) is -0.802. The molecule has 0 amide bonds. The molecule has 0 bridgehead atoms. The van der Waals surface area contributed by atoms with Crippen LogP contribution in [0.3, 0.4) is 0 Å². The minimum Gasteiger partial charge on any atom is -0.428 e. The van der Waals surface area contributed by atoms with Gasteiger partial charge in [0.05, 0.1) is 6.57 Å². The van der Waals surface area contributed by atoms with Gasteiger partial charge in [-0.3, -0.25) is 0 Å². The highest BCUT2D eigenvalue weighted by atomic mass is 16.7. The van der Waals surface area contributed by atoms with Crippen molar-refractivity contribution >= 4 is 11.8 Å². The van der Waals surface area contributed by atoms with Crippen molar-refractivity contribution in [2.24, 2.45) is 0 Å². The second-order valence-corrected chi connectivity index (χ2v) is 4.15. The van der Waals surface area contributed by atoms with Crippen LogP contribution in [0.15, 0.2) is 24.3 Å².